The molecule has 4 nitrogen and oxygen atoms in total. The standard InChI is InChI=1S/C24H38O4/c1-27-23(25)20-16-11-9-7-5-3-2-4-6-8-10-12-17-21-28-24(26)22-18-14-13-15-19-22/h13-15,18-19H,2-12,16-17,20-21H2,1H3. The van der Waals surface area contributed by atoms with Gasteiger partial charge < -0.3 is 9.47 Å². The van der Waals surface area contributed by atoms with E-state index in [2.05, 4.69) is 4.74 Å². The quantitative estimate of drug-likeness (QED) is 0.226. The third-order valence-electron chi connectivity index (χ3n) is 5.00. The molecule has 4 heteroatoms. The van der Waals surface area contributed by atoms with Crippen molar-refractivity contribution in [2.75, 3.05) is 13.7 Å². The molecule has 0 amide bonds. The van der Waals surface area contributed by atoms with Gasteiger partial charge in [0.05, 0.1) is 19.3 Å². The number of hydrogen-bond acceptors (Lipinski definition) is 4. The highest BCUT2D eigenvalue weighted by atomic mass is 16.5. The maximum absolute atomic E-state index is 11.8. The van der Waals surface area contributed by atoms with Crippen molar-refractivity contribution < 1.29 is 19.1 Å². The Hall–Kier alpha value is -1.84. The van der Waals surface area contributed by atoms with Gasteiger partial charge in [-0.25, -0.2) is 4.79 Å². The van der Waals surface area contributed by atoms with E-state index in [1.54, 1.807) is 12.1 Å². The number of carbonyl (C=O) groups excluding carboxylic acids is 2. The fraction of sp³-hybridized carbons (Fsp3) is 0.667. The van der Waals surface area contributed by atoms with E-state index in [9.17, 15) is 9.59 Å². The zero-order chi connectivity index (χ0) is 20.3. The lowest BCUT2D eigenvalue weighted by molar-refractivity contribution is -0.140. The van der Waals surface area contributed by atoms with Gasteiger partial charge in [0.2, 0.25) is 0 Å². The summed E-state index contributed by atoms with van der Waals surface area (Å²) in [5, 5.41) is 0. The summed E-state index contributed by atoms with van der Waals surface area (Å²) in [6, 6.07) is 9.17. The van der Waals surface area contributed by atoms with Crippen molar-refractivity contribution in [2.24, 2.45) is 0 Å². The van der Waals surface area contributed by atoms with Crippen LogP contribution in [0.25, 0.3) is 0 Å². The van der Waals surface area contributed by atoms with Crippen LogP contribution in [0.4, 0.5) is 0 Å². The Bertz CT molecular complexity index is 513. The lowest BCUT2D eigenvalue weighted by Gasteiger charge is -2.05. The third-order valence-corrected chi connectivity index (χ3v) is 5.00. The molecule has 1 aromatic carbocycles. The largest absolute Gasteiger partial charge is 0.469 e. The van der Waals surface area contributed by atoms with Gasteiger partial charge in [0.15, 0.2) is 0 Å². The topological polar surface area (TPSA) is 52.6 Å². The van der Waals surface area contributed by atoms with E-state index in [1.165, 1.54) is 64.9 Å². The van der Waals surface area contributed by atoms with Gasteiger partial charge in [0, 0.05) is 6.42 Å². The van der Waals surface area contributed by atoms with Crippen molar-refractivity contribution >= 4 is 11.9 Å². The first kappa shape index (κ1) is 24.2. The predicted octanol–water partition coefficient (Wildman–Crippen LogP) is 6.48. The second kappa shape index (κ2) is 17.3. The van der Waals surface area contributed by atoms with Crippen LogP contribution in [0.5, 0.6) is 0 Å². The van der Waals surface area contributed by atoms with Gasteiger partial charge in [-0.2, -0.15) is 0 Å². The zero-order valence-electron chi connectivity index (χ0n) is 17.6. The molecule has 1 rings (SSSR count). The molecule has 0 unspecified atom stereocenters. The van der Waals surface area contributed by atoms with Crippen LogP contribution in [0.1, 0.15) is 100 Å². The molecule has 0 bridgehead atoms. The van der Waals surface area contributed by atoms with Crippen molar-refractivity contribution in [3.63, 3.8) is 0 Å². The summed E-state index contributed by atoms with van der Waals surface area (Å²) < 4.78 is 9.93. The fourth-order valence-electron chi connectivity index (χ4n) is 3.24. The first-order chi connectivity index (χ1) is 13.7. The molecule has 0 saturated carbocycles. The van der Waals surface area contributed by atoms with Gasteiger partial charge in [0.1, 0.15) is 0 Å². The Morgan fingerprint density at radius 1 is 0.679 bits per heavy atom. The summed E-state index contributed by atoms with van der Waals surface area (Å²) in [5.41, 5.74) is 0.628. The lowest BCUT2D eigenvalue weighted by Crippen LogP contribution is -2.06. The van der Waals surface area contributed by atoms with Crippen molar-refractivity contribution in [3.8, 4) is 0 Å². The van der Waals surface area contributed by atoms with Gasteiger partial charge in [-0.3, -0.25) is 4.79 Å². The van der Waals surface area contributed by atoms with E-state index < -0.39 is 0 Å². The fourth-order valence-corrected chi connectivity index (χ4v) is 3.24. The average Bonchev–Trinajstić information content (AvgIpc) is 2.73. The van der Waals surface area contributed by atoms with Gasteiger partial charge in [-0.05, 0) is 25.0 Å². The Labute approximate surface area is 171 Å². The number of carbonyl (C=O) groups is 2. The number of methoxy groups -OCH3 is 1. The Morgan fingerprint density at radius 2 is 1.14 bits per heavy atom. The van der Waals surface area contributed by atoms with Crippen LogP contribution in [-0.2, 0) is 14.3 Å². The highest BCUT2D eigenvalue weighted by Crippen LogP contribution is 2.13. The molecule has 0 spiro atoms. The second-order valence-electron chi connectivity index (χ2n) is 7.42. The molecule has 28 heavy (non-hydrogen) atoms. The second-order valence-corrected chi connectivity index (χ2v) is 7.42. The Balaban J connectivity index is 1.76. The van der Waals surface area contributed by atoms with E-state index in [0.29, 0.717) is 18.6 Å². The maximum Gasteiger partial charge on any atom is 0.338 e. The minimum Gasteiger partial charge on any atom is -0.469 e. The molecule has 0 aliphatic carbocycles. The molecule has 0 aromatic heterocycles. The molecule has 1 aromatic rings. The van der Waals surface area contributed by atoms with E-state index in [-0.39, 0.29) is 11.9 Å². The summed E-state index contributed by atoms with van der Waals surface area (Å²) >= 11 is 0. The van der Waals surface area contributed by atoms with Crippen molar-refractivity contribution in [2.45, 2.75) is 89.9 Å². The molecule has 0 heterocycles. The molecule has 0 atom stereocenters. The van der Waals surface area contributed by atoms with Crippen LogP contribution < -0.4 is 0 Å². The monoisotopic (exact) mass is 390 g/mol. The normalized spacial score (nSPS) is 10.6. The highest BCUT2D eigenvalue weighted by Gasteiger charge is 2.04. The summed E-state index contributed by atoms with van der Waals surface area (Å²) in [6.45, 7) is 0.521. The minimum absolute atomic E-state index is 0.0896. The van der Waals surface area contributed by atoms with Gasteiger partial charge in [-0.15, -0.1) is 0 Å². The smallest absolute Gasteiger partial charge is 0.338 e. The van der Waals surface area contributed by atoms with Crippen LogP contribution >= 0.6 is 0 Å². The average molecular weight is 391 g/mol. The number of unbranched alkanes of at least 4 members (excludes halogenated alkanes) is 12. The third kappa shape index (κ3) is 13.3. The molecule has 0 N–H and O–H groups in total. The van der Waals surface area contributed by atoms with Gasteiger partial charge in [0.25, 0.3) is 0 Å². The number of benzene rings is 1. The molecule has 0 saturated heterocycles. The van der Waals surface area contributed by atoms with Crippen LogP contribution in [0.15, 0.2) is 30.3 Å². The first-order valence-electron chi connectivity index (χ1n) is 11.0. The highest BCUT2D eigenvalue weighted by molar-refractivity contribution is 5.89. The molecule has 0 aliphatic heterocycles. The SMILES string of the molecule is COC(=O)CCCCCCCCCCCCCCCOC(=O)c1ccccc1. The number of rotatable bonds is 17. The van der Waals surface area contributed by atoms with Crippen molar-refractivity contribution in [1.82, 2.24) is 0 Å². The van der Waals surface area contributed by atoms with E-state index in [1.807, 2.05) is 18.2 Å². The Kier molecular flexibility index (Phi) is 14.9. The number of esters is 2. The van der Waals surface area contributed by atoms with Gasteiger partial charge >= 0.3 is 11.9 Å². The molecular formula is C24H38O4. The lowest BCUT2D eigenvalue weighted by atomic mass is 10.0. The summed E-state index contributed by atoms with van der Waals surface area (Å²) in [6.07, 6.45) is 16.3. The van der Waals surface area contributed by atoms with Crippen LogP contribution in [0.2, 0.25) is 0 Å². The zero-order valence-corrected chi connectivity index (χ0v) is 17.6. The van der Waals surface area contributed by atoms with E-state index >= 15 is 0 Å². The number of ether oxygens (including phenoxy) is 2. The molecule has 158 valence electrons. The van der Waals surface area contributed by atoms with E-state index in [4.69, 9.17) is 4.74 Å². The van der Waals surface area contributed by atoms with Crippen molar-refractivity contribution in [1.29, 1.82) is 0 Å². The number of hydrogen-bond donors (Lipinski definition) is 0. The summed E-state index contributed by atoms with van der Waals surface area (Å²) in [4.78, 5) is 22.8. The van der Waals surface area contributed by atoms with Crippen molar-refractivity contribution in [3.05, 3.63) is 35.9 Å². The van der Waals surface area contributed by atoms with Crippen LogP contribution in [-0.4, -0.2) is 25.7 Å². The molecule has 0 aliphatic rings. The maximum atomic E-state index is 11.8. The van der Waals surface area contributed by atoms with E-state index in [0.717, 1.165) is 25.7 Å². The van der Waals surface area contributed by atoms with Gasteiger partial charge in [-0.1, -0.05) is 88.8 Å². The first-order valence-corrected chi connectivity index (χ1v) is 11.0. The minimum atomic E-state index is -0.218. The molecule has 0 fully saturated rings. The van der Waals surface area contributed by atoms with Crippen LogP contribution in [0.3, 0.4) is 0 Å². The summed E-state index contributed by atoms with van der Waals surface area (Å²) in [5.74, 6) is -0.308. The van der Waals surface area contributed by atoms with Crippen LogP contribution in [0, 0.1) is 0 Å². The molecule has 0 radical (unpaired) electrons. The summed E-state index contributed by atoms with van der Waals surface area (Å²) in [7, 11) is 1.45. The Morgan fingerprint density at radius 3 is 1.64 bits per heavy atom. The molecular weight excluding hydrogens is 352 g/mol. The predicted molar refractivity (Wildman–Crippen MR) is 113 cm³/mol.